The summed E-state index contributed by atoms with van der Waals surface area (Å²) < 4.78 is 0. The topological polar surface area (TPSA) is 87.4 Å². The van der Waals surface area contributed by atoms with E-state index in [1.807, 2.05) is 9.80 Å². The molecular weight excluding hydrogens is 450 g/mol. The molecule has 1 heterocycles. The van der Waals surface area contributed by atoms with E-state index in [0.29, 0.717) is 19.8 Å². The summed E-state index contributed by atoms with van der Waals surface area (Å²) in [5.41, 5.74) is 0.492. The number of phenols is 4. The van der Waals surface area contributed by atoms with Crippen molar-refractivity contribution >= 4 is 46.4 Å². The van der Waals surface area contributed by atoms with Gasteiger partial charge >= 0.3 is 0 Å². The van der Waals surface area contributed by atoms with Crippen molar-refractivity contribution in [3.05, 3.63) is 43.4 Å². The molecule has 0 unspecified atom stereocenters. The van der Waals surface area contributed by atoms with E-state index in [2.05, 4.69) is 0 Å². The van der Waals surface area contributed by atoms with Crippen LogP contribution in [0, 0.1) is 0 Å². The van der Waals surface area contributed by atoms with Crippen molar-refractivity contribution in [2.24, 2.45) is 0 Å². The highest BCUT2D eigenvalue weighted by molar-refractivity contribution is 6.37. The summed E-state index contributed by atoms with van der Waals surface area (Å²) in [6.07, 6.45) is 0.797. The lowest BCUT2D eigenvalue weighted by Gasteiger charge is -2.36. The Labute approximate surface area is 182 Å². The first-order chi connectivity index (χ1) is 13.2. The smallest absolute Gasteiger partial charge is 0.142 e. The van der Waals surface area contributed by atoms with Crippen LogP contribution in [0.2, 0.25) is 20.1 Å². The van der Waals surface area contributed by atoms with Crippen LogP contribution in [0.1, 0.15) is 17.5 Å². The highest BCUT2D eigenvalue weighted by atomic mass is 35.5. The lowest BCUT2D eigenvalue weighted by molar-refractivity contribution is 0.0723. The monoisotopic (exact) mass is 466 g/mol. The third kappa shape index (κ3) is 4.32. The van der Waals surface area contributed by atoms with Crippen molar-refractivity contribution in [3.8, 4) is 23.0 Å². The van der Waals surface area contributed by atoms with Crippen molar-refractivity contribution in [3.63, 3.8) is 0 Å². The Morgan fingerprint density at radius 3 is 1.29 bits per heavy atom. The second-order valence-corrected chi connectivity index (χ2v) is 8.26. The van der Waals surface area contributed by atoms with Gasteiger partial charge in [-0.1, -0.05) is 46.4 Å². The number of hydrogen-bond donors (Lipinski definition) is 4. The minimum Gasteiger partial charge on any atom is -0.506 e. The van der Waals surface area contributed by atoms with Gasteiger partial charge in [0.2, 0.25) is 0 Å². The maximum atomic E-state index is 10.2. The summed E-state index contributed by atoms with van der Waals surface area (Å²) in [6.45, 7) is 2.33. The van der Waals surface area contributed by atoms with Crippen LogP contribution in [0.3, 0.4) is 0 Å². The molecule has 152 valence electrons. The summed E-state index contributed by atoms with van der Waals surface area (Å²) in [5.74, 6) is -0.842. The third-order valence-electron chi connectivity index (χ3n) is 4.67. The Morgan fingerprint density at radius 2 is 0.964 bits per heavy atom. The standard InChI is InChI=1S/C18H18Cl4N2O4/c19-11-4-12(20)16(26)9(15(11)25)6-23-2-1-3-24(8-23)7-10-17(27)13(21)5-14(22)18(10)28/h4-5,25-28H,1-3,6-8H2. The average molecular weight is 468 g/mol. The van der Waals surface area contributed by atoms with Gasteiger partial charge in [0.15, 0.2) is 0 Å². The van der Waals surface area contributed by atoms with Crippen LogP contribution in [0.5, 0.6) is 23.0 Å². The van der Waals surface area contributed by atoms with Crippen LogP contribution >= 0.6 is 46.4 Å². The minimum absolute atomic E-state index is 0.0649. The summed E-state index contributed by atoms with van der Waals surface area (Å²) in [4.78, 5) is 3.95. The first kappa shape index (κ1) is 21.4. The van der Waals surface area contributed by atoms with E-state index in [1.165, 1.54) is 12.1 Å². The molecule has 10 heteroatoms. The molecule has 1 aliphatic rings. The van der Waals surface area contributed by atoms with E-state index in [4.69, 9.17) is 46.4 Å². The SMILES string of the molecule is Oc1c(Cl)cc(Cl)c(O)c1CN1CCCN(Cc2c(O)c(Cl)cc(Cl)c2O)C1. The van der Waals surface area contributed by atoms with Gasteiger partial charge in [0.25, 0.3) is 0 Å². The first-order valence-corrected chi connectivity index (χ1v) is 9.92. The first-order valence-electron chi connectivity index (χ1n) is 8.41. The highest BCUT2D eigenvalue weighted by Gasteiger charge is 2.25. The molecule has 6 nitrogen and oxygen atoms in total. The van der Waals surface area contributed by atoms with E-state index >= 15 is 0 Å². The zero-order chi connectivity index (χ0) is 20.6. The summed E-state index contributed by atoms with van der Waals surface area (Å²) in [7, 11) is 0. The second kappa shape index (κ2) is 8.61. The van der Waals surface area contributed by atoms with Gasteiger partial charge in [-0.3, -0.25) is 9.80 Å². The number of phenolic OH excluding ortho intramolecular Hbond substituents is 4. The van der Waals surface area contributed by atoms with E-state index < -0.39 is 0 Å². The van der Waals surface area contributed by atoms with Crippen molar-refractivity contribution in [2.45, 2.75) is 19.5 Å². The van der Waals surface area contributed by atoms with Gasteiger partial charge in [-0.2, -0.15) is 0 Å². The molecule has 0 amide bonds. The van der Waals surface area contributed by atoms with E-state index in [9.17, 15) is 20.4 Å². The number of nitrogens with zero attached hydrogens (tertiary/aromatic N) is 2. The predicted molar refractivity (Wildman–Crippen MR) is 110 cm³/mol. The molecule has 1 aliphatic heterocycles. The fraction of sp³-hybridized carbons (Fsp3) is 0.333. The predicted octanol–water partition coefficient (Wildman–Crippen LogP) is 4.79. The number of aromatic hydroxyl groups is 4. The van der Waals surface area contributed by atoms with Gasteiger partial charge in [0.1, 0.15) is 23.0 Å². The molecule has 2 aromatic carbocycles. The van der Waals surface area contributed by atoms with Gasteiger partial charge in [0.05, 0.1) is 37.9 Å². The third-order valence-corrected chi connectivity index (χ3v) is 5.82. The van der Waals surface area contributed by atoms with Crippen LogP contribution in [-0.2, 0) is 13.1 Å². The van der Waals surface area contributed by atoms with Crippen molar-refractivity contribution in [1.82, 2.24) is 9.80 Å². The quantitative estimate of drug-likeness (QED) is 0.517. The normalized spacial score (nSPS) is 15.9. The van der Waals surface area contributed by atoms with Gasteiger partial charge in [-0.05, 0) is 18.6 Å². The molecule has 0 aromatic heterocycles. The molecule has 0 aliphatic carbocycles. The fourth-order valence-corrected chi connectivity index (χ4v) is 4.25. The Hall–Kier alpha value is -1.28. The van der Waals surface area contributed by atoms with Gasteiger partial charge in [-0.15, -0.1) is 0 Å². The second-order valence-electron chi connectivity index (χ2n) is 6.63. The maximum absolute atomic E-state index is 10.2. The maximum Gasteiger partial charge on any atom is 0.142 e. The van der Waals surface area contributed by atoms with Crippen LogP contribution < -0.4 is 0 Å². The average Bonchev–Trinajstić information content (AvgIpc) is 2.66. The molecule has 2 aromatic rings. The van der Waals surface area contributed by atoms with Crippen molar-refractivity contribution in [2.75, 3.05) is 19.8 Å². The lowest BCUT2D eigenvalue weighted by Crippen LogP contribution is -2.43. The minimum atomic E-state index is -0.211. The zero-order valence-electron chi connectivity index (χ0n) is 14.6. The van der Waals surface area contributed by atoms with Crippen molar-refractivity contribution in [1.29, 1.82) is 0 Å². The Bertz CT molecular complexity index is 786. The molecule has 0 bridgehead atoms. The van der Waals surface area contributed by atoms with Crippen LogP contribution in [0.15, 0.2) is 12.1 Å². The van der Waals surface area contributed by atoms with Gasteiger partial charge in [0, 0.05) is 26.2 Å². The molecule has 1 fully saturated rings. The molecule has 3 rings (SSSR count). The Kier molecular flexibility index (Phi) is 6.59. The summed E-state index contributed by atoms with van der Waals surface area (Å²) >= 11 is 23.8. The molecule has 28 heavy (non-hydrogen) atoms. The number of benzene rings is 2. The molecule has 4 N–H and O–H groups in total. The van der Waals surface area contributed by atoms with Gasteiger partial charge in [-0.25, -0.2) is 0 Å². The highest BCUT2D eigenvalue weighted by Crippen LogP contribution is 2.42. The van der Waals surface area contributed by atoms with E-state index in [0.717, 1.165) is 6.42 Å². The molecule has 0 spiro atoms. The largest absolute Gasteiger partial charge is 0.506 e. The fourth-order valence-electron chi connectivity index (χ4n) is 3.24. The molecule has 0 atom stereocenters. The molecule has 1 saturated heterocycles. The molecular formula is C18H18Cl4N2O4. The molecule has 0 saturated carbocycles. The lowest BCUT2D eigenvalue weighted by atomic mass is 10.1. The number of hydrogen-bond acceptors (Lipinski definition) is 6. The van der Waals surface area contributed by atoms with E-state index in [-0.39, 0.29) is 67.3 Å². The van der Waals surface area contributed by atoms with E-state index in [1.54, 1.807) is 0 Å². The van der Waals surface area contributed by atoms with Gasteiger partial charge < -0.3 is 20.4 Å². The number of halogens is 4. The summed E-state index contributed by atoms with van der Waals surface area (Å²) in [6, 6.07) is 2.57. The number of rotatable bonds is 4. The Morgan fingerprint density at radius 1 is 0.643 bits per heavy atom. The van der Waals surface area contributed by atoms with Crippen molar-refractivity contribution < 1.29 is 20.4 Å². The molecule has 0 radical (unpaired) electrons. The zero-order valence-corrected chi connectivity index (χ0v) is 17.6. The Balaban J connectivity index is 1.78. The van der Waals surface area contributed by atoms with Crippen LogP contribution in [-0.4, -0.2) is 50.0 Å². The van der Waals surface area contributed by atoms with Crippen LogP contribution in [0.4, 0.5) is 0 Å². The van der Waals surface area contributed by atoms with Crippen LogP contribution in [0.25, 0.3) is 0 Å². The summed E-state index contributed by atoms with van der Waals surface area (Å²) in [5, 5.41) is 41.0.